The maximum absolute atomic E-state index is 11.7. The predicted octanol–water partition coefficient (Wildman–Crippen LogP) is 1.19. The zero-order valence-electron chi connectivity index (χ0n) is 10.2. The van der Waals surface area contributed by atoms with E-state index >= 15 is 0 Å². The number of esters is 2. The number of fused-ring (bicyclic) bond motifs is 1. The van der Waals surface area contributed by atoms with Crippen LogP contribution in [0.1, 0.15) is 39.5 Å². The minimum Gasteiger partial charge on any atom is -0.457 e. The second-order valence-corrected chi connectivity index (χ2v) is 4.66. The van der Waals surface area contributed by atoms with Crippen LogP contribution in [0.2, 0.25) is 0 Å². The van der Waals surface area contributed by atoms with Crippen LogP contribution in [-0.4, -0.2) is 36.4 Å². The van der Waals surface area contributed by atoms with Gasteiger partial charge in [0.1, 0.15) is 6.10 Å². The second kappa shape index (κ2) is 5.04. The van der Waals surface area contributed by atoms with Crippen LogP contribution in [0.15, 0.2) is 0 Å². The second-order valence-electron chi connectivity index (χ2n) is 4.66. The third-order valence-corrected chi connectivity index (χ3v) is 3.25. The van der Waals surface area contributed by atoms with Crippen molar-refractivity contribution in [3.63, 3.8) is 0 Å². The molecule has 2 fully saturated rings. The van der Waals surface area contributed by atoms with Crippen molar-refractivity contribution >= 4 is 11.9 Å². The standard InChI is InChI=1S/C12H18O5/c1-7-11(13)16-8(2)12(14)17-10-6-4-3-5-9(10)15-7/h7-10H,3-6H2,1-2H3/t7?,8?,9?,10-/m0/s1. The van der Waals surface area contributed by atoms with E-state index in [0.29, 0.717) is 0 Å². The average Bonchev–Trinajstić information content (AvgIpc) is 2.33. The maximum atomic E-state index is 11.7. The van der Waals surface area contributed by atoms with Crippen molar-refractivity contribution in [2.24, 2.45) is 0 Å². The van der Waals surface area contributed by atoms with Crippen LogP contribution in [0, 0.1) is 0 Å². The Kier molecular flexibility index (Phi) is 3.66. The van der Waals surface area contributed by atoms with Crippen LogP contribution < -0.4 is 0 Å². The molecule has 0 N–H and O–H groups in total. The topological polar surface area (TPSA) is 61.8 Å². The molecule has 0 bridgehead atoms. The Morgan fingerprint density at radius 2 is 1.47 bits per heavy atom. The fraction of sp³-hybridized carbons (Fsp3) is 0.833. The van der Waals surface area contributed by atoms with Gasteiger partial charge in [-0.25, -0.2) is 9.59 Å². The molecule has 4 atom stereocenters. The maximum Gasteiger partial charge on any atom is 0.347 e. The lowest BCUT2D eigenvalue weighted by Gasteiger charge is -2.31. The van der Waals surface area contributed by atoms with E-state index in [1.165, 1.54) is 6.92 Å². The highest BCUT2D eigenvalue weighted by atomic mass is 16.6. The molecule has 0 spiro atoms. The highest BCUT2D eigenvalue weighted by Crippen LogP contribution is 2.26. The van der Waals surface area contributed by atoms with Gasteiger partial charge in [0.05, 0.1) is 6.10 Å². The quantitative estimate of drug-likeness (QED) is 0.597. The molecule has 17 heavy (non-hydrogen) atoms. The number of carbonyl (C=O) groups excluding carboxylic acids is 2. The first kappa shape index (κ1) is 12.4. The van der Waals surface area contributed by atoms with Crippen molar-refractivity contribution in [1.29, 1.82) is 0 Å². The largest absolute Gasteiger partial charge is 0.457 e. The summed E-state index contributed by atoms with van der Waals surface area (Å²) in [6.07, 6.45) is 1.77. The van der Waals surface area contributed by atoms with Gasteiger partial charge in [0.2, 0.25) is 0 Å². The van der Waals surface area contributed by atoms with E-state index in [-0.39, 0.29) is 12.2 Å². The van der Waals surface area contributed by atoms with Gasteiger partial charge in [0.25, 0.3) is 0 Å². The molecule has 0 amide bonds. The Balaban J connectivity index is 2.15. The zero-order chi connectivity index (χ0) is 12.4. The number of hydrogen-bond donors (Lipinski definition) is 0. The first-order valence-electron chi connectivity index (χ1n) is 6.14. The van der Waals surface area contributed by atoms with Crippen LogP contribution in [0.3, 0.4) is 0 Å². The van der Waals surface area contributed by atoms with Crippen LogP contribution in [-0.2, 0) is 23.8 Å². The fourth-order valence-corrected chi connectivity index (χ4v) is 2.23. The van der Waals surface area contributed by atoms with Crippen molar-refractivity contribution in [2.75, 3.05) is 0 Å². The number of hydrogen-bond acceptors (Lipinski definition) is 5. The van der Waals surface area contributed by atoms with Gasteiger partial charge in [-0.05, 0) is 33.1 Å². The monoisotopic (exact) mass is 242 g/mol. The van der Waals surface area contributed by atoms with Gasteiger partial charge < -0.3 is 14.2 Å². The van der Waals surface area contributed by atoms with Crippen LogP contribution >= 0.6 is 0 Å². The van der Waals surface area contributed by atoms with Gasteiger partial charge in [0, 0.05) is 0 Å². The van der Waals surface area contributed by atoms with Crippen molar-refractivity contribution < 1.29 is 23.8 Å². The molecule has 96 valence electrons. The van der Waals surface area contributed by atoms with Gasteiger partial charge in [-0.2, -0.15) is 0 Å². The summed E-state index contributed by atoms with van der Waals surface area (Å²) < 4.78 is 15.9. The fourth-order valence-electron chi connectivity index (χ4n) is 2.23. The lowest BCUT2D eigenvalue weighted by molar-refractivity contribution is -0.169. The Morgan fingerprint density at radius 3 is 2.18 bits per heavy atom. The zero-order valence-corrected chi connectivity index (χ0v) is 10.2. The molecule has 1 saturated carbocycles. The van der Waals surface area contributed by atoms with E-state index in [9.17, 15) is 9.59 Å². The molecule has 1 aliphatic heterocycles. The Hall–Kier alpha value is -1.10. The van der Waals surface area contributed by atoms with Crippen LogP contribution in [0.4, 0.5) is 0 Å². The lowest BCUT2D eigenvalue weighted by Crippen LogP contribution is -2.39. The molecule has 3 unspecified atom stereocenters. The highest BCUT2D eigenvalue weighted by Gasteiger charge is 2.36. The van der Waals surface area contributed by atoms with Crippen LogP contribution in [0.25, 0.3) is 0 Å². The summed E-state index contributed by atoms with van der Waals surface area (Å²) in [4.78, 5) is 23.3. The normalized spacial score (nSPS) is 39.2. The smallest absolute Gasteiger partial charge is 0.347 e. The Morgan fingerprint density at radius 1 is 0.882 bits per heavy atom. The number of rotatable bonds is 0. The number of ether oxygens (including phenoxy) is 3. The summed E-state index contributed by atoms with van der Waals surface area (Å²) in [5.41, 5.74) is 0. The summed E-state index contributed by atoms with van der Waals surface area (Å²) in [5.74, 6) is -0.978. The van der Waals surface area contributed by atoms with E-state index in [1.54, 1.807) is 6.92 Å². The van der Waals surface area contributed by atoms with E-state index in [4.69, 9.17) is 14.2 Å². The highest BCUT2D eigenvalue weighted by molar-refractivity contribution is 5.81. The third-order valence-electron chi connectivity index (χ3n) is 3.25. The molecule has 0 radical (unpaired) electrons. The first-order chi connectivity index (χ1) is 8.08. The van der Waals surface area contributed by atoms with Crippen LogP contribution in [0.5, 0.6) is 0 Å². The number of carbonyl (C=O) groups is 2. The van der Waals surface area contributed by atoms with Gasteiger partial charge in [0.15, 0.2) is 12.2 Å². The van der Waals surface area contributed by atoms with E-state index in [1.807, 2.05) is 0 Å². The molecule has 1 saturated heterocycles. The molecular formula is C12H18O5. The van der Waals surface area contributed by atoms with Gasteiger partial charge in [-0.1, -0.05) is 6.42 Å². The summed E-state index contributed by atoms with van der Waals surface area (Å²) in [7, 11) is 0. The minimum absolute atomic E-state index is 0.180. The van der Waals surface area contributed by atoms with Crippen molar-refractivity contribution in [1.82, 2.24) is 0 Å². The average molecular weight is 242 g/mol. The Labute approximate surface area is 100 Å². The summed E-state index contributed by atoms with van der Waals surface area (Å²) >= 11 is 0. The SMILES string of the molecule is CC1OC(=O)C(C)OC2CCCC[C@@H]2OC1=O. The van der Waals surface area contributed by atoms with Crippen molar-refractivity contribution in [3.05, 3.63) is 0 Å². The molecule has 5 nitrogen and oxygen atoms in total. The first-order valence-corrected chi connectivity index (χ1v) is 6.14. The van der Waals surface area contributed by atoms with Gasteiger partial charge in [-0.15, -0.1) is 0 Å². The molecule has 5 heteroatoms. The van der Waals surface area contributed by atoms with E-state index in [0.717, 1.165) is 25.7 Å². The van der Waals surface area contributed by atoms with E-state index in [2.05, 4.69) is 0 Å². The predicted molar refractivity (Wildman–Crippen MR) is 58.2 cm³/mol. The minimum atomic E-state index is -0.853. The molecule has 2 rings (SSSR count). The molecule has 1 heterocycles. The lowest BCUT2D eigenvalue weighted by atomic mass is 9.94. The van der Waals surface area contributed by atoms with Crippen molar-refractivity contribution in [2.45, 2.75) is 63.9 Å². The molecular weight excluding hydrogens is 224 g/mol. The Bertz CT molecular complexity index is 314. The third kappa shape index (κ3) is 2.77. The summed E-state index contributed by atoms with van der Waals surface area (Å²) in [6.45, 7) is 3.17. The van der Waals surface area contributed by atoms with E-state index < -0.39 is 24.1 Å². The number of cyclic esters (lactones) is 1. The molecule has 0 aromatic heterocycles. The van der Waals surface area contributed by atoms with Gasteiger partial charge >= 0.3 is 11.9 Å². The molecule has 0 aromatic carbocycles. The molecule has 1 aliphatic carbocycles. The summed E-state index contributed by atoms with van der Waals surface area (Å²) in [5, 5.41) is 0. The summed E-state index contributed by atoms with van der Waals surface area (Å²) in [6, 6.07) is 0. The van der Waals surface area contributed by atoms with Crippen molar-refractivity contribution in [3.8, 4) is 0 Å². The molecule has 2 aliphatic rings. The van der Waals surface area contributed by atoms with Gasteiger partial charge in [-0.3, -0.25) is 0 Å². The molecule has 0 aromatic rings.